The lowest BCUT2D eigenvalue weighted by Crippen LogP contribution is -2.34. The number of amides is 1. The quantitative estimate of drug-likeness (QED) is 0.775. The Labute approximate surface area is 136 Å². The van der Waals surface area contributed by atoms with Crippen LogP contribution in [0.1, 0.15) is 35.2 Å². The molecule has 1 saturated carbocycles. The summed E-state index contributed by atoms with van der Waals surface area (Å²) >= 11 is 0. The molecule has 1 amide bonds. The van der Waals surface area contributed by atoms with Crippen molar-refractivity contribution in [1.82, 2.24) is 5.32 Å². The maximum Gasteiger partial charge on any atom is 0.341 e. The van der Waals surface area contributed by atoms with Crippen LogP contribution in [0, 0.1) is 11.8 Å². The summed E-state index contributed by atoms with van der Waals surface area (Å²) in [5.41, 5.74) is 6.90. The lowest BCUT2D eigenvalue weighted by Gasteiger charge is -2.17. The van der Waals surface area contributed by atoms with Gasteiger partial charge in [-0.2, -0.15) is 0 Å². The fourth-order valence-electron chi connectivity index (χ4n) is 3.12. The van der Waals surface area contributed by atoms with Crippen LogP contribution in [0.15, 0.2) is 18.2 Å². The predicted octanol–water partition coefficient (Wildman–Crippen LogP) is 1.47. The summed E-state index contributed by atoms with van der Waals surface area (Å²) < 4.78 is 9.91. The molecule has 6 heteroatoms. The van der Waals surface area contributed by atoms with Crippen molar-refractivity contribution in [2.24, 2.45) is 17.6 Å². The summed E-state index contributed by atoms with van der Waals surface area (Å²) in [4.78, 5) is 24.1. The summed E-state index contributed by atoms with van der Waals surface area (Å²) in [6, 6.07) is 5.20. The van der Waals surface area contributed by atoms with Crippen LogP contribution in [0.3, 0.4) is 0 Å². The van der Waals surface area contributed by atoms with Gasteiger partial charge in [-0.05, 0) is 43.0 Å². The number of carbonyl (C=O) groups is 2. The van der Waals surface area contributed by atoms with E-state index < -0.39 is 5.97 Å². The Morgan fingerprint density at radius 3 is 2.74 bits per heavy atom. The van der Waals surface area contributed by atoms with Gasteiger partial charge in [-0.25, -0.2) is 4.79 Å². The molecular formula is C17H24N2O4. The third-order valence-electron chi connectivity index (χ3n) is 4.43. The number of ether oxygens (including phenoxy) is 2. The van der Waals surface area contributed by atoms with E-state index in [-0.39, 0.29) is 17.7 Å². The molecule has 2 rings (SSSR count). The second kappa shape index (κ2) is 7.97. The summed E-state index contributed by atoms with van der Waals surface area (Å²) in [5, 5.41) is 2.94. The maximum absolute atomic E-state index is 12.3. The average Bonchev–Trinajstić information content (AvgIpc) is 3.07. The number of hydrogen-bond donors (Lipinski definition) is 2. The van der Waals surface area contributed by atoms with Crippen molar-refractivity contribution in [2.75, 3.05) is 20.8 Å². The van der Waals surface area contributed by atoms with Gasteiger partial charge in [0.25, 0.3) is 0 Å². The van der Waals surface area contributed by atoms with Crippen LogP contribution >= 0.6 is 0 Å². The Hall–Kier alpha value is -2.08. The molecule has 1 aliphatic rings. The lowest BCUT2D eigenvalue weighted by atomic mass is 9.95. The van der Waals surface area contributed by atoms with Gasteiger partial charge in [0, 0.05) is 12.5 Å². The first-order valence-corrected chi connectivity index (χ1v) is 7.83. The zero-order chi connectivity index (χ0) is 16.8. The van der Waals surface area contributed by atoms with E-state index in [0.717, 1.165) is 24.8 Å². The van der Waals surface area contributed by atoms with Crippen molar-refractivity contribution in [1.29, 1.82) is 0 Å². The first kappa shape index (κ1) is 17.3. The van der Waals surface area contributed by atoms with Crippen LogP contribution < -0.4 is 15.8 Å². The molecule has 126 valence electrons. The Morgan fingerprint density at radius 2 is 2.09 bits per heavy atom. The molecule has 1 fully saturated rings. The van der Waals surface area contributed by atoms with Crippen LogP contribution in [0.2, 0.25) is 0 Å². The van der Waals surface area contributed by atoms with E-state index in [4.69, 9.17) is 15.2 Å². The molecule has 1 aliphatic carbocycles. The molecule has 1 aromatic carbocycles. The highest BCUT2D eigenvalue weighted by atomic mass is 16.5. The highest BCUT2D eigenvalue weighted by Gasteiger charge is 2.31. The van der Waals surface area contributed by atoms with Crippen molar-refractivity contribution in [2.45, 2.75) is 25.8 Å². The van der Waals surface area contributed by atoms with Gasteiger partial charge < -0.3 is 20.5 Å². The molecule has 0 aromatic heterocycles. The van der Waals surface area contributed by atoms with E-state index in [1.807, 2.05) is 6.07 Å². The Morgan fingerprint density at radius 1 is 1.30 bits per heavy atom. The standard InChI is InChI=1S/C17H24N2O4/c1-22-15-7-6-11(8-14(15)17(21)23-2)10-19-16(20)13-5-3-4-12(13)9-18/h6-8,12-13H,3-5,9-10,18H2,1-2H3,(H,19,20)/t12-,13-/m1/s1. The molecule has 1 aromatic rings. The van der Waals surface area contributed by atoms with Gasteiger partial charge in [-0.3, -0.25) is 4.79 Å². The van der Waals surface area contributed by atoms with Gasteiger partial charge in [0.05, 0.1) is 14.2 Å². The van der Waals surface area contributed by atoms with E-state index in [1.165, 1.54) is 14.2 Å². The average molecular weight is 320 g/mol. The fraction of sp³-hybridized carbons (Fsp3) is 0.529. The van der Waals surface area contributed by atoms with Crippen LogP contribution in [-0.4, -0.2) is 32.6 Å². The summed E-state index contributed by atoms with van der Waals surface area (Å²) in [5.74, 6) is 0.295. The predicted molar refractivity (Wildman–Crippen MR) is 86.1 cm³/mol. The lowest BCUT2D eigenvalue weighted by molar-refractivity contribution is -0.126. The minimum Gasteiger partial charge on any atom is -0.496 e. The Balaban J connectivity index is 2.03. The third kappa shape index (κ3) is 4.01. The summed E-state index contributed by atoms with van der Waals surface area (Å²) in [7, 11) is 2.82. The van der Waals surface area contributed by atoms with E-state index in [2.05, 4.69) is 5.32 Å². The molecule has 0 spiro atoms. The third-order valence-corrected chi connectivity index (χ3v) is 4.43. The van der Waals surface area contributed by atoms with Gasteiger partial charge in [0.15, 0.2) is 0 Å². The Kier molecular flexibility index (Phi) is 5.98. The van der Waals surface area contributed by atoms with Crippen molar-refractivity contribution in [3.63, 3.8) is 0 Å². The molecule has 0 unspecified atom stereocenters. The second-order valence-corrected chi connectivity index (χ2v) is 5.78. The summed E-state index contributed by atoms with van der Waals surface area (Å²) in [6.07, 6.45) is 2.96. The SMILES string of the molecule is COC(=O)c1cc(CNC(=O)[C@@H]2CCC[C@@H]2CN)ccc1OC. The molecule has 6 nitrogen and oxygen atoms in total. The number of carbonyl (C=O) groups excluding carboxylic acids is 2. The monoisotopic (exact) mass is 320 g/mol. The van der Waals surface area contributed by atoms with Crippen molar-refractivity contribution < 1.29 is 19.1 Å². The number of benzene rings is 1. The first-order valence-electron chi connectivity index (χ1n) is 7.83. The number of rotatable bonds is 6. The molecular weight excluding hydrogens is 296 g/mol. The highest BCUT2D eigenvalue weighted by Crippen LogP contribution is 2.31. The van der Waals surface area contributed by atoms with Gasteiger partial charge in [0.1, 0.15) is 11.3 Å². The van der Waals surface area contributed by atoms with Crippen LogP contribution in [0.25, 0.3) is 0 Å². The van der Waals surface area contributed by atoms with E-state index in [9.17, 15) is 9.59 Å². The molecule has 0 radical (unpaired) electrons. The van der Waals surface area contributed by atoms with Crippen molar-refractivity contribution in [3.8, 4) is 5.75 Å². The smallest absolute Gasteiger partial charge is 0.341 e. The minimum absolute atomic E-state index is 0.00155. The topological polar surface area (TPSA) is 90.7 Å². The number of hydrogen-bond acceptors (Lipinski definition) is 5. The van der Waals surface area contributed by atoms with Crippen LogP contribution in [-0.2, 0) is 16.1 Å². The number of nitrogens with one attached hydrogen (secondary N) is 1. The second-order valence-electron chi connectivity index (χ2n) is 5.78. The van der Waals surface area contributed by atoms with Gasteiger partial charge in [-0.1, -0.05) is 12.5 Å². The molecule has 0 saturated heterocycles. The number of methoxy groups -OCH3 is 2. The molecule has 0 heterocycles. The summed E-state index contributed by atoms with van der Waals surface area (Å²) in [6.45, 7) is 0.910. The fourth-order valence-corrected chi connectivity index (χ4v) is 3.12. The van der Waals surface area contributed by atoms with E-state index in [0.29, 0.717) is 24.4 Å². The van der Waals surface area contributed by atoms with Crippen LogP contribution in [0.5, 0.6) is 5.75 Å². The van der Waals surface area contributed by atoms with E-state index in [1.54, 1.807) is 12.1 Å². The first-order chi connectivity index (χ1) is 11.1. The molecule has 23 heavy (non-hydrogen) atoms. The van der Waals surface area contributed by atoms with Crippen molar-refractivity contribution in [3.05, 3.63) is 29.3 Å². The molecule has 0 bridgehead atoms. The zero-order valence-electron chi connectivity index (χ0n) is 13.6. The van der Waals surface area contributed by atoms with Gasteiger partial charge in [0.2, 0.25) is 5.91 Å². The Bertz CT molecular complexity index is 574. The highest BCUT2D eigenvalue weighted by molar-refractivity contribution is 5.92. The maximum atomic E-state index is 12.3. The van der Waals surface area contributed by atoms with Crippen LogP contribution in [0.4, 0.5) is 0 Å². The molecule has 2 atom stereocenters. The normalized spacial score (nSPS) is 20.1. The molecule has 0 aliphatic heterocycles. The van der Waals surface area contributed by atoms with Gasteiger partial charge in [-0.15, -0.1) is 0 Å². The zero-order valence-corrected chi connectivity index (χ0v) is 13.6. The largest absolute Gasteiger partial charge is 0.496 e. The molecule has 3 N–H and O–H groups in total. The number of esters is 1. The number of nitrogens with two attached hydrogens (primary N) is 1. The van der Waals surface area contributed by atoms with Gasteiger partial charge >= 0.3 is 5.97 Å². The van der Waals surface area contributed by atoms with E-state index >= 15 is 0 Å². The van der Waals surface area contributed by atoms with Crippen molar-refractivity contribution >= 4 is 11.9 Å². The minimum atomic E-state index is -0.464.